The predicted molar refractivity (Wildman–Crippen MR) is 139 cm³/mol. The van der Waals surface area contributed by atoms with E-state index in [9.17, 15) is 5.11 Å². The van der Waals surface area contributed by atoms with Crippen molar-refractivity contribution in [3.8, 4) is 0 Å². The number of aliphatic hydroxyl groups excluding tert-OH is 1. The second-order valence-electron chi connectivity index (χ2n) is 7.29. The Morgan fingerprint density at radius 3 is 2.29 bits per heavy atom. The molecule has 4 heteroatoms. The summed E-state index contributed by atoms with van der Waals surface area (Å²) in [7, 11) is 0. The Kier molecular flexibility index (Phi) is 19.9. The Morgan fingerprint density at radius 1 is 1.16 bits per heavy atom. The van der Waals surface area contributed by atoms with E-state index in [2.05, 4.69) is 48.8 Å². The van der Waals surface area contributed by atoms with E-state index in [0.717, 1.165) is 31.5 Å². The zero-order valence-electron chi connectivity index (χ0n) is 21.6. The van der Waals surface area contributed by atoms with Crippen molar-refractivity contribution in [2.45, 2.75) is 94.2 Å². The van der Waals surface area contributed by atoms with Gasteiger partial charge in [-0.05, 0) is 70.6 Å². The highest BCUT2D eigenvalue weighted by atomic mass is 16.3. The fourth-order valence-corrected chi connectivity index (χ4v) is 3.26. The molecule has 4 N–H and O–H groups in total. The maximum Gasteiger partial charge on any atom is 0.127 e. The lowest BCUT2D eigenvalue weighted by Crippen LogP contribution is -2.27. The Bertz CT molecular complexity index is 639. The number of nitrogens with one attached hydrogen (secondary N) is 3. The number of hydrogen-bond donors (Lipinski definition) is 4. The molecule has 0 aliphatic heterocycles. The molecule has 1 aliphatic carbocycles. The molecule has 0 aromatic carbocycles. The van der Waals surface area contributed by atoms with Crippen LogP contribution in [0.15, 0.2) is 59.0 Å². The lowest BCUT2D eigenvalue weighted by Gasteiger charge is -2.19. The molecule has 1 rings (SSSR count). The first-order chi connectivity index (χ1) is 14.8. The quantitative estimate of drug-likeness (QED) is 0.161. The monoisotopic (exact) mass is 431 g/mol. The third kappa shape index (κ3) is 15.4. The highest BCUT2D eigenvalue weighted by Crippen LogP contribution is 2.20. The van der Waals surface area contributed by atoms with Gasteiger partial charge in [0.05, 0.1) is 0 Å². The summed E-state index contributed by atoms with van der Waals surface area (Å²) in [6.07, 6.45) is 15.3. The van der Waals surface area contributed by atoms with Crippen LogP contribution in [-0.2, 0) is 0 Å². The Morgan fingerprint density at radius 2 is 1.81 bits per heavy atom. The van der Waals surface area contributed by atoms with Crippen LogP contribution in [0, 0.1) is 11.3 Å². The van der Waals surface area contributed by atoms with Crippen LogP contribution in [0.4, 0.5) is 0 Å². The van der Waals surface area contributed by atoms with E-state index in [1.807, 2.05) is 60.6 Å². The van der Waals surface area contributed by atoms with E-state index in [4.69, 9.17) is 5.41 Å². The van der Waals surface area contributed by atoms with Gasteiger partial charge in [-0.1, -0.05) is 64.5 Å². The van der Waals surface area contributed by atoms with Crippen LogP contribution in [0.3, 0.4) is 0 Å². The molecule has 0 saturated carbocycles. The van der Waals surface area contributed by atoms with E-state index in [1.165, 1.54) is 16.8 Å². The molecular weight excluding hydrogens is 382 g/mol. The molecule has 4 nitrogen and oxygen atoms in total. The number of rotatable bonds is 11. The van der Waals surface area contributed by atoms with Crippen LogP contribution in [0.25, 0.3) is 0 Å². The SMILES string of the molecule is CC.CC.C\C=C(/C=C\C=C(/C)NC(O)CC1=CC=C(NCC)CC1)[C@@H](C)CC(C)=N. The van der Waals surface area contributed by atoms with Gasteiger partial charge in [-0.25, -0.2) is 0 Å². The van der Waals surface area contributed by atoms with Crippen molar-refractivity contribution in [3.05, 3.63) is 59.0 Å². The summed E-state index contributed by atoms with van der Waals surface area (Å²) in [5.41, 5.74) is 5.41. The van der Waals surface area contributed by atoms with Gasteiger partial charge in [-0.2, -0.15) is 0 Å². The van der Waals surface area contributed by atoms with Crippen LogP contribution >= 0.6 is 0 Å². The molecule has 0 aromatic rings. The molecule has 31 heavy (non-hydrogen) atoms. The topological polar surface area (TPSA) is 68.1 Å². The predicted octanol–water partition coefficient (Wildman–Crippen LogP) is 7.02. The highest BCUT2D eigenvalue weighted by molar-refractivity contribution is 5.79. The fraction of sp³-hybridized carbons (Fsp3) is 0.593. The zero-order valence-corrected chi connectivity index (χ0v) is 21.6. The van der Waals surface area contributed by atoms with Crippen molar-refractivity contribution >= 4 is 5.71 Å². The molecule has 1 unspecified atom stereocenters. The van der Waals surface area contributed by atoms with Gasteiger partial charge in [0, 0.05) is 30.1 Å². The highest BCUT2D eigenvalue weighted by Gasteiger charge is 2.11. The molecule has 0 aromatic heterocycles. The number of aliphatic hydroxyl groups is 1. The van der Waals surface area contributed by atoms with E-state index in [-0.39, 0.29) is 0 Å². The van der Waals surface area contributed by atoms with Crippen molar-refractivity contribution in [3.63, 3.8) is 0 Å². The third-order valence-corrected chi connectivity index (χ3v) is 4.64. The standard InChI is InChI=1S/C23H37N3O.2C2H6/c1-6-21(17(3)15-18(4)24)10-8-9-19(5)26-23(27)16-20-11-13-22(14-12-20)25-7-2;2*1-2/h6,8-11,13,17,23-27H,7,12,14-16H2,1-5H3;2*1-2H3/b10-8-,19-9+,21-6+,24-18?;;/t17-,23?;;/m0../s1. The first kappa shape index (κ1) is 31.1. The fourth-order valence-electron chi connectivity index (χ4n) is 3.26. The molecule has 0 fully saturated rings. The maximum absolute atomic E-state index is 10.3. The average Bonchev–Trinajstić information content (AvgIpc) is 2.75. The van der Waals surface area contributed by atoms with Gasteiger partial charge >= 0.3 is 0 Å². The molecule has 0 saturated heterocycles. The van der Waals surface area contributed by atoms with Crippen LogP contribution in [-0.4, -0.2) is 23.6 Å². The summed E-state index contributed by atoms with van der Waals surface area (Å²) in [6, 6.07) is 0. The van der Waals surface area contributed by atoms with Crippen LogP contribution in [0.1, 0.15) is 88.0 Å². The van der Waals surface area contributed by atoms with Crippen molar-refractivity contribution in [1.29, 1.82) is 5.41 Å². The van der Waals surface area contributed by atoms with Crippen LogP contribution < -0.4 is 10.6 Å². The van der Waals surface area contributed by atoms with Gasteiger partial charge in [0.15, 0.2) is 0 Å². The van der Waals surface area contributed by atoms with E-state index < -0.39 is 6.23 Å². The molecule has 0 bridgehead atoms. The van der Waals surface area contributed by atoms with Crippen LogP contribution in [0.2, 0.25) is 0 Å². The van der Waals surface area contributed by atoms with Gasteiger partial charge < -0.3 is 21.1 Å². The second-order valence-corrected chi connectivity index (χ2v) is 7.29. The van der Waals surface area contributed by atoms with E-state index >= 15 is 0 Å². The summed E-state index contributed by atoms with van der Waals surface area (Å²) in [5.74, 6) is 0.342. The molecule has 178 valence electrons. The number of allylic oxidation sites excluding steroid dienone is 9. The first-order valence-electron chi connectivity index (χ1n) is 12.0. The van der Waals surface area contributed by atoms with Gasteiger partial charge in [0.2, 0.25) is 0 Å². The Hall–Kier alpha value is -2.07. The zero-order chi connectivity index (χ0) is 24.2. The van der Waals surface area contributed by atoms with Gasteiger partial charge in [-0.15, -0.1) is 0 Å². The Labute approximate surface area is 192 Å². The minimum absolute atomic E-state index is 0.342. The van der Waals surface area contributed by atoms with Crippen molar-refractivity contribution in [1.82, 2.24) is 10.6 Å². The molecule has 1 aliphatic rings. The van der Waals surface area contributed by atoms with E-state index in [1.54, 1.807) is 0 Å². The largest absolute Gasteiger partial charge is 0.389 e. The lowest BCUT2D eigenvalue weighted by atomic mass is 9.95. The molecular formula is C27H49N3O. The number of hydrogen-bond acceptors (Lipinski definition) is 4. The summed E-state index contributed by atoms with van der Waals surface area (Å²) in [4.78, 5) is 0. The first-order valence-corrected chi connectivity index (χ1v) is 12.0. The van der Waals surface area contributed by atoms with Crippen molar-refractivity contribution in [2.24, 2.45) is 5.92 Å². The smallest absolute Gasteiger partial charge is 0.127 e. The molecule has 0 amide bonds. The average molecular weight is 432 g/mol. The third-order valence-electron chi connectivity index (χ3n) is 4.64. The second kappa shape index (κ2) is 19.9. The normalized spacial score (nSPS) is 16.1. The van der Waals surface area contributed by atoms with Gasteiger partial charge in [-0.3, -0.25) is 0 Å². The van der Waals surface area contributed by atoms with Gasteiger partial charge in [0.1, 0.15) is 6.23 Å². The van der Waals surface area contributed by atoms with Crippen molar-refractivity contribution in [2.75, 3.05) is 6.54 Å². The summed E-state index contributed by atoms with van der Waals surface area (Å²) < 4.78 is 0. The lowest BCUT2D eigenvalue weighted by molar-refractivity contribution is 0.148. The molecule has 0 spiro atoms. The molecule has 0 radical (unpaired) electrons. The van der Waals surface area contributed by atoms with E-state index in [0.29, 0.717) is 18.1 Å². The maximum atomic E-state index is 10.3. The van der Waals surface area contributed by atoms with Crippen LogP contribution in [0.5, 0.6) is 0 Å². The molecule has 2 atom stereocenters. The Balaban J connectivity index is 0. The summed E-state index contributed by atoms with van der Waals surface area (Å²) in [5, 5.41) is 24.4. The van der Waals surface area contributed by atoms with Gasteiger partial charge in [0.25, 0.3) is 0 Å². The summed E-state index contributed by atoms with van der Waals surface area (Å²) >= 11 is 0. The minimum Gasteiger partial charge on any atom is -0.389 e. The summed E-state index contributed by atoms with van der Waals surface area (Å²) in [6.45, 7) is 19.0. The van der Waals surface area contributed by atoms with Crippen molar-refractivity contribution < 1.29 is 5.11 Å². The molecule has 0 heterocycles. The minimum atomic E-state index is -0.573.